The quantitative estimate of drug-likeness (QED) is 0.698. The van der Waals surface area contributed by atoms with Gasteiger partial charge in [0.1, 0.15) is 0 Å². The first-order chi connectivity index (χ1) is 5.91. The van der Waals surface area contributed by atoms with Crippen LogP contribution < -0.4 is 0 Å². The summed E-state index contributed by atoms with van der Waals surface area (Å²) in [5, 5.41) is 3.35. The summed E-state index contributed by atoms with van der Waals surface area (Å²) >= 11 is 0. The van der Waals surface area contributed by atoms with E-state index in [1.54, 1.807) is 0 Å². The number of aromatic nitrogens is 2. The number of nitrogens with zero attached hydrogens (tertiary/aromatic N) is 2. The second kappa shape index (κ2) is 3.45. The Bertz CT molecular complexity index is 383. The summed E-state index contributed by atoms with van der Waals surface area (Å²) in [6, 6.07) is 1.15. The molecule has 4 nitrogen and oxygen atoms in total. The van der Waals surface area contributed by atoms with Crippen molar-refractivity contribution in [3.8, 4) is 0 Å². The van der Waals surface area contributed by atoms with E-state index in [4.69, 9.17) is 0 Å². The molecule has 0 aliphatic rings. The van der Waals surface area contributed by atoms with Gasteiger partial charge < -0.3 is 0 Å². The van der Waals surface area contributed by atoms with Gasteiger partial charge >= 0.3 is 10.2 Å². The first-order valence-corrected chi connectivity index (χ1v) is 5.26. The fourth-order valence-electron chi connectivity index (χ4n) is 1.01. The molecule has 74 valence electrons. The molecular formula is C7H11FN2O2S. The Labute approximate surface area is 76.6 Å². The van der Waals surface area contributed by atoms with Gasteiger partial charge in [0.2, 0.25) is 0 Å². The summed E-state index contributed by atoms with van der Waals surface area (Å²) in [5.41, 5.74) is 0. The Morgan fingerprint density at radius 3 is 2.69 bits per heavy atom. The van der Waals surface area contributed by atoms with Gasteiger partial charge in [-0.05, 0) is 12.0 Å². The van der Waals surface area contributed by atoms with Crippen LogP contribution in [0, 0.1) is 5.92 Å². The molecule has 0 amide bonds. The molecule has 0 saturated heterocycles. The minimum atomic E-state index is -4.64. The lowest BCUT2D eigenvalue weighted by molar-refractivity contribution is 0.442. The largest absolute Gasteiger partial charge is 0.349 e. The third kappa shape index (κ3) is 2.51. The summed E-state index contributed by atoms with van der Waals surface area (Å²) in [5.74, 6) is 0.223. The molecule has 0 bridgehead atoms. The molecule has 0 saturated carbocycles. The van der Waals surface area contributed by atoms with Crippen LogP contribution in [-0.2, 0) is 16.8 Å². The minimum absolute atomic E-state index is 0.223. The van der Waals surface area contributed by atoms with Crippen molar-refractivity contribution in [2.75, 3.05) is 0 Å². The Morgan fingerprint density at radius 1 is 1.62 bits per heavy atom. The van der Waals surface area contributed by atoms with Crippen molar-refractivity contribution >= 4 is 10.2 Å². The van der Waals surface area contributed by atoms with Gasteiger partial charge in [0, 0.05) is 6.54 Å². The molecule has 0 atom stereocenters. The fraction of sp³-hybridized carbons (Fsp3) is 0.571. The maximum atomic E-state index is 12.6. The highest BCUT2D eigenvalue weighted by atomic mass is 32.3. The first kappa shape index (κ1) is 10.2. The Kier molecular flexibility index (Phi) is 2.70. The second-order valence-corrected chi connectivity index (χ2v) is 4.48. The smallest absolute Gasteiger partial charge is 0.252 e. The van der Waals surface area contributed by atoms with Gasteiger partial charge in [-0.15, -0.1) is 0 Å². The summed E-state index contributed by atoms with van der Waals surface area (Å²) in [6.07, 6.45) is 1.27. The molecule has 0 aliphatic carbocycles. The normalized spacial score (nSPS) is 12.3. The third-order valence-electron chi connectivity index (χ3n) is 1.47. The summed E-state index contributed by atoms with van der Waals surface area (Å²) in [6.45, 7) is 4.19. The van der Waals surface area contributed by atoms with E-state index < -0.39 is 10.2 Å². The summed E-state index contributed by atoms with van der Waals surface area (Å²) in [4.78, 5) is 0. The van der Waals surface area contributed by atoms with E-state index in [-0.39, 0.29) is 10.9 Å². The Hall–Kier alpha value is -0.910. The zero-order valence-electron chi connectivity index (χ0n) is 7.44. The Balaban J connectivity index is 3.04. The van der Waals surface area contributed by atoms with Crippen LogP contribution in [0.1, 0.15) is 13.8 Å². The third-order valence-corrected chi connectivity index (χ3v) is 2.31. The van der Waals surface area contributed by atoms with Crippen LogP contribution in [0.2, 0.25) is 0 Å². The molecule has 13 heavy (non-hydrogen) atoms. The van der Waals surface area contributed by atoms with Crippen LogP contribution in [0.15, 0.2) is 17.3 Å². The van der Waals surface area contributed by atoms with Crippen LogP contribution in [0.3, 0.4) is 0 Å². The average Bonchev–Trinajstić information content (AvgIpc) is 2.31. The van der Waals surface area contributed by atoms with E-state index in [1.165, 1.54) is 6.20 Å². The van der Waals surface area contributed by atoms with Crippen molar-refractivity contribution in [2.24, 2.45) is 5.92 Å². The number of halogens is 1. The van der Waals surface area contributed by atoms with E-state index in [2.05, 4.69) is 5.10 Å². The van der Waals surface area contributed by atoms with Gasteiger partial charge in [-0.2, -0.15) is 13.5 Å². The number of hydrogen-bond donors (Lipinski definition) is 0. The fourth-order valence-corrected chi connectivity index (χ4v) is 1.61. The molecule has 0 spiro atoms. The van der Waals surface area contributed by atoms with E-state index >= 15 is 0 Å². The van der Waals surface area contributed by atoms with Crippen molar-refractivity contribution in [1.82, 2.24) is 9.78 Å². The average molecular weight is 206 g/mol. The van der Waals surface area contributed by atoms with E-state index in [0.717, 1.165) is 10.7 Å². The number of hydrogen-bond acceptors (Lipinski definition) is 3. The molecule has 0 radical (unpaired) electrons. The topological polar surface area (TPSA) is 52.0 Å². The van der Waals surface area contributed by atoms with Crippen molar-refractivity contribution in [3.05, 3.63) is 12.3 Å². The predicted molar refractivity (Wildman–Crippen MR) is 45.4 cm³/mol. The number of rotatable bonds is 3. The molecular weight excluding hydrogens is 195 g/mol. The lowest BCUT2D eigenvalue weighted by Gasteiger charge is -2.06. The molecule has 1 aromatic heterocycles. The van der Waals surface area contributed by atoms with Crippen molar-refractivity contribution in [3.63, 3.8) is 0 Å². The lowest BCUT2D eigenvalue weighted by atomic mass is 10.2. The van der Waals surface area contributed by atoms with E-state index in [9.17, 15) is 12.3 Å². The van der Waals surface area contributed by atoms with Crippen molar-refractivity contribution in [1.29, 1.82) is 0 Å². The molecule has 0 fully saturated rings. The van der Waals surface area contributed by atoms with Crippen LogP contribution >= 0.6 is 0 Å². The predicted octanol–water partition coefficient (Wildman–Crippen LogP) is 1.20. The maximum Gasteiger partial charge on any atom is 0.349 e. The van der Waals surface area contributed by atoms with Crippen molar-refractivity contribution < 1.29 is 12.3 Å². The van der Waals surface area contributed by atoms with E-state index in [1.807, 2.05) is 13.8 Å². The first-order valence-electron chi connectivity index (χ1n) is 3.87. The standard InChI is InChI=1S/C7H11FN2O2S/c1-6(2)5-10-7(3-4-9-10)13(8,11)12/h3-4,6H,5H2,1-2H3. The molecule has 0 N–H and O–H groups in total. The van der Waals surface area contributed by atoms with Crippen LogP contribution in [0.4, 0.5) is 3.89 Å². The van der Waals surface area contributed by atoms with Gasteiger partial charge in [0.15, 0.2) is 5.03 Å². The monoisotopic (exact) mass is 206 g/mol. The summed E-state index contributed by atoms with van der Waals surface area (Å²) < 4.78 is 34.9. The summed E-state index contributed by atoms with van der Waals surface area (Å²) in [7, 11) is -4.64. The molecule has 0 unspecified atom stereocenters. The molecule has 1 rings (SSSR count). The van der Waals surface area contributed by atoms with Gasteiger partial charge in [-0.1, -0.05) is 17.7 Å². The zero-order valence-corrected chi connectivity index (χ0v) is 8.25. The van der Waals surface area contributed by atoms with Gasteiger partial charge in [0.25, 0.3) is 0 Å². The van der Waals surface area contributed by atoms with Gasteiger partial charge in [-0.3, -0.25) is 4.68 Å². The van der Waals surface area contributed by atoms with Crippen LogP contribution in [-0.4, -0.2) is 18.2 Å². The van der Waals surface area contributed by atoms with E-state index in [0.29, 0.717) is 6.54 Å². The van der Waals surface area contributed by atoms with Crippen molar-refractivity contribution in [2.45, 2.75) is 25.4 Å². The van der Waals surface area contributed by atoms with Crippen LogP contribution in [0.5, 0.6) is 0 Å². The van der Waals surface area contributed by atoms with Gasteiger partial charge in [0.05, 0.1) is 6.20 Å². The molecule has 1 aromatic rings. The minimum Gasteiger partial charge on any atom is -0.252 e. The second-order valence-electron chi connectivity index (χ2n) is 3.18. The Morgan fingerprint density at radius 2 is 2.23 bits per heavy atom. The SMILES string of the molecule is CC(C)Cn1nccc1S(=O)(=O)F. The highest BCUT2D eigenvalue weighted by molar-refractivity contribution is 7.86. The highest BCUT2D eigenvalue weighted by Gasteiger charge is 2.18. The zero-order chi connectivity index (χ0) is 10.1. The molecule has 6 heteroatoms. The van der Waals surface area contributed by atoms with Gasteiger partial charge in [-0.25, -0.2) is 0 Å². The highest BCUT2D eigenvalue weighted by Crippen LogP contribution is 2.12. The molecule has 1 heterocycles. The van der Waals surface area contributed by atoms with Crippen LogP contribution in [0.25, 0.3) is 0 Å². The lowest BCUT2D eigenvalue weighted by Crippen LogP contribution is -2.11. The maximum absolute atomic E-state index is 12.6. The molecule has 0 aliphatic heterocycles. The molecule has 0 aromatic carbocycles.